The normalized spacial score (nSPS) is 12.8. The van der Waals surface area contributed by atoms with Gasteiger partial charge < -0.3 is 10.3 Å². The van der Waals surface area contributed by atoms with Gasteiger partial charge in [-0.1, -0.05) is 0 Å². The van der Waals surface area contributed by atoms with E-state index in [9.17, 15) is 9.18 Å². The first-order chi connectivity index (χ1) is 8.90. The Hall–Kier alpha value is -1.62. The van der Waals surface area contributed by atoms with Gasteiger partial charge in [-0.05, 0) is 25.5 Å². The Morgan fingerprint density at radius 3 is 2.84 bits per heavy atom. The van der Waals surface area contributed by atoms with E-state index in [4.69, 9.17) is 17.3 Å². The van der Waals surface area contributed by atoms with E-state index in [1.54, 1.807) is 19.9 Å². The van der Waals surface area contributed by atoms with Crippen LogP contribution in [0, 0.1) is 12.7 Å². The van der Waals surface area contributed by atoms with Crippen LogP contribution in [0.15, 0.2) is 12.1 Å². The molecule has 19 heavy (non-hydrogen) atoms. The Balaban J connectivity index is 2.58. The number of rotatable bonds is 4. The molecule has 2 aromatic rings. The van der Waals surface area contributed by atoms with Crippen molar-refractivity contribution in [2.75, 3.05) is 0 Å². The van der Waals surface area contributed by atoms with Crippen LogP contribution in [0.4, 0.5) is 4.39 Å². The number of alkyl halides is 1. The highest BCUT2D eigenvalue weighted by atomic mass is 35.5. The second kappa shape index (κ2) is 5.17. The van der Waals surface area contributed by atoms with Crippen molar-refractivity contribution in [2.24, 2.45) is 5.73 Å². The van der Waals surface area contributed by atoms with Crippen LogP contribution in [0.2, 0.25) is 0 Å². The van der Waals surface area contributed by atoms with Crippen LogP contribution in [0.5, 0.6) is 0 Å². The van der Waals surface area contributed by atoms with Gasteiger partial charge in [0, 0.05) is 19.0 Å². The van der Waals surface area contributed by atoms with Crippen molar-refractivity contribution in [1.29, 1.82) is 0 Å². The van der Waals surface area contributed by atoms with Crippen LogP contribution >= 0.6 is 11.6 Å². The average molecular weight is 284 g/mol. The molecule has 1 atom stereocenters. The highest BCUT2D eigenvalue weighted by Crippen LogP contribution is 2.26. The lowest BCUT2D eigenvalue weighted by atomic mass is 10.2. The molecule has 102 valence electrons. The van der Waals surface area contributed by atoms with E-state index in [0.29, 0.717) is 23.4 Å². The predicted molar refractivity (Wildman–Crippen MR) is 72.5 cm³/mol. The number of aryl methyl sites for hydroxylation is 2. The fraction of sp³-hybridized carbons (Fsp3) is 0.385. The maximum absolute atomic E-state index is 13.5. The fourth-order valence-electron chi connectivity index (χ4n) is 2.03. The van der Waals surface area contributed by atoms with Crippen molar-refractivity contribution in [3.8, 4) is 0 Å². The number of nitrogens with zero attached hydrogens (tertiary/aromatic N) is 2. The monoisotopic (exact) mass is 283 g/mol. The number of halogens is 2. The number of benzene rings is 1. The molecular weight excluding hydrogens is 269 g/mol. The standard InChI is InChI=1S/C13H15ClFN3O/c1-7-5-11-10(6-9(7)15)17-13(8(2)14)18(11)4-3-12(16)19/h5-6,8H,3-4H2,1-2H3,(H2,16,19). The second-order valence-electron chi connectivity index (χ2n) is 4.54. The van der Waals surface area contributed by atoms with Crippen molar-refractivity contribution in [2.45, 2.75) is 32.2 Å². The van der Waals surface area contributed by atoms with Crippen molar-refractivity contribution in [3.05, 3.63) is 29.3 Å². The largest absolute Gasteiger partial charge is 0.370 e. The highest BCUT2D eigenvalue weighted by Gasteiger charge is 2.16. The quantitative estimate of drug-likeness (QED) is 0.877. The molecule has 0 bridgehead atoms. The van der Waals surface area contributed by atoms with Gasteiger partial charge in [-0.15, -0.1) is 11.6 Å². The lowest BCUT2D eigenvalue weighted by Gasteiger charge is -2.09. The number of carbonyl (C=O) groups excluding carboxylic acids is 1. The van der Waals surface area contributed by atoms with Gasteiger partial charge in [0.15, 0.2) is 0 Å². The summed E-state index contributed by atoms with van der Waals surface area (Å²) in [6, 6.07) is 3.09. The lowest BCUT2D eigenvalue weighted by molar-refractivity contribution is -0.118. The first kappa shape index (κ1) is 13.8. The van der Waals surface area contributed by atoms with Gasteiger partial charge in [0.05, 0.1) is 16.4 Å². The van der Waals surface area contributed by atoms with Crippen LogP contribution in [-0.4, -0.2) is 15.5 Å². The molecule has 4 nitrogen and oxygen atoms in total. The summed E-state index contributed by atoms with van der Waals surface area (Å²) in [4.78, 5) is 15.3. The van der Waals surface area contributed by atoms with E-state index in [1.165, 1.54) is 6.07 Å². The third-order valence-electron chi connectivity index (χ3n) is 3.00. The van der Waals surface area contributed by atoms with Crippen LogP contribution in [0.1, 0.15) is 30.1 Å². The molecule has 1 aromatic carbocycles. The number of nitrogens with two attached hydrogens (primary N) is 1. The first-order valence-corrected chi connectivity index (χ1v) is 6.42. The third kappa shape index (κ3) is 2.71. The van der Waals surface area contributed by atoms with E-state index >= 15 is 0 Å². The average Bonchev–Trinajstić information content (AvgIpc) is 2.65. The molecule has 1 heterocycles. The van der Waals surface area contributed by atoms with Gasteiger partial charge in [0.1, 0.15) is 11.6 Å². The Kier molecular flexibility index (Phi) is 3.75. The van der Waals surface area contributed by atoms with Crippen molar-refractivity contribution < 1.29 is 9.18 Å². The molecule has 0 aliphatic carbocycles. The summed E-state index contributed by atoms with van der Waals surface area (Å²) in [5.74, 6) is -0.0856. The summed E-state index contributed by atoms with van der Waals surface area (Å²) in [7, 11) is 0. The summed E-state index contributed by atoms with van der Waals surface area (Å²) in [5.41, 5.74) is 7.00. The van der Waals surface area contributed by atoms with Crippen molar-refractivity contribution >= 4 is 28.5 Å². The Morgan fingerprint density at radius 2 is 2.26 bits per heavy atom. The van der Waals surface area contributed by atoms with Crippen molar-refractivity contribution in [1.82, 2.24) is 9.55 Å². The smallest absolute Gasteiger partial charge is 0.219 e. The Labute approximate surface area is 115 Å². The van der Waals surface area contributed by atoms with E-state index in [2.05, 4.69) is 4.98 Å². The number of carbonyl (C=O) groups is 1. The summed E-state index contributed by atoms with van der Waals surface area (Å²) in [6.07, 6.45) is 0.193. The van der Waals surface area contributed by atoms with E-state index < -0.39 is 5.91 Å². The molecule has 1 aromatic heterocycles. The van der Waals surface area contributed by atoms with E-state index in [1.807, 2.05) is 4.57 Å². The summed E-state index contributed by atoms with van der Waals surface area (Å²) in [5, 5.41) is -0.330. The highest BCUT2D eigenvalue weighted by molar-refractivity contribution is 6.20. The van der Waals surface area contributed by atoms with Crippen molar-refractivity contribution in [3.63, 3.8) is 0 Å². The molecule has 0 radical (unpaired) electrons. The number of primary amides is 1. The minimum absolute atomic E-state index is 0.193. The molecular formula is C13H15ClFN3O. The molecule has 1 unspecified atom stereocenters. The molecule has 0 aliphatic heterocycles. The SMILES string of the molecule is Cc1cc2c(cc1F)nc(C(C)Cl)n2CCC(N)=O. The van der Waals surface area contributed by atoms with Gasteiger partial charge in [0.2, 0.25) is 5.91 Å². The number of hydrogen-bond donors (Lipinski definition) is 1. The molecule has 0 saturated carbocycles. The zero-order chi connectivity index (χ0) is 14.2. The van der Waals surface area contributed by atoms with Crippen LogP contribution in [0.25, 0.3) is 11.0 Å². The number of hydrogen-bond acceptors (Lipinski definition) is 2. The van der Waals surface area contributed by atoms with Crippen LogP contribution < -0.4 is 5.73 Å². The fourth-order valence-corrected chi connectivity index (χ4v) is 2.20. The summed E-state index contributed by atoms with van der Waals surface area (Å²) < 4.78 is 15.4. The van der Waals surface area contributed by atoms with Crippen LogP contribution in [0.3, 0.4) is 0 Å². The molecule has 0 saturated heterocycles. The predicted octanol–water partition coefficient (Wildman–Crippen LogP) is 2.66. The molecule has 1 amide bonds. The minimum Gasteiger partial charge on any atom is -0.370 e. The van der Waals surface area contributed by atoms with Gasteiger partial charge in [-0.25, -0.2) is 9.37 Å². The molecule has 0 spiro atoms. The third-order valence-corrected chi connectivity index (χ3v) is 3.19. The van der Waals surface area contributed by atoms with Gasteiger partial charge in [-0.2, -0.15) is 0 Å². The Bertz CT molecular complexity index is 636. The number of imidazole rings is 1. The van der Waals surface area contributed by atoms with Gasteiger partial charge in [0.25, 0.3) is 0 Å². The zero-order valence-corrected chi connectivity index (χ0v) is 11.5. The zero-order valence-electron chi connectivity index (χ0n) is 10.8. The first-order valence-electron chi connectivity index (χ1n) is 5.98. The number of aromatic nitrogens is 2. The molecule has 2 N–H and O–H groups in total. The maximum Gasteiger partial charge on any atom is 0.219 e. The molecule has 2 rings (SSSR count). The van der Waals surface area contributed by atoms with Gasteiger partial charge >= 0.3 is 0 Å². The second-order valence-corrected chi connectivity index (χ2v) is 5.20. The van der Waals surface area contributed by atoms with E-state index in [-0.39, 0.29) is 17.6 Å². The van der Waals surface area contributed by atoms with Gasteiger partial charge in [-0.3, -0.25) is 4.79 Å². The number of amides is 1. The molecule has 0 aliphatic rings. The van der Waals surface area contributed by atoms with E-state index in [0.717, 1.165) is 5.52 Å². The van der Waals surface area contributed by atoms with Crippen LogP contribution in [-0.2, 0) is 11.3 Å². The summed E-state index contributed by atoms with van der Waals surface area (Å²) in [6.45, 7) is 3.86. The topological polar surface area (TPSA) is 60.9 Å². The lowest BCUT2D eigenvalue weighted by Crippen LogP contribution is -2.15. The molecule has 0 fully saturated rings. The summed E-state index contributed by atoms with van der Waals surface area (Å²) >= 11 is 6.08. The molecule has 6 heteroatoms. The number of fused-ring (bicyclic) bond motifs is 1. The Morgan fingerprint density at radius 1 is 1.58 bits per heavy atom. The maximum atomic E-state index is 13.5. The minimum atomic E-state index is -0.395.